The molecule has 0 aliphatic rings. The van der Waals surface area contributed by atoms with Gasteiger partial charge >= 0.3 is 5.97 Å². The summed E-state index contributed by atoms with van der Waals surface area (Å²) in [6, 6.07) is 14.0. The lowest BCUT2D eigenvalue weighted by molar-refractivity contribution is 0.0729. The van der Waals surface area contributed by atoms with Gasteiger partial charge in [0, 0.05) is 6.20 Å². The zero-order valence-corrected chi connectivity index (χ0v) is 17.7. The van der Waals surface area contributed by atoms with E-state index in [-0.39, 0.29) is 11.3 Å². The average Bonchev–Trinajstić information content (AvgIpc) is 2.82. The number of ether oxygens (including phenoxy) is 5. The number of aromatic nitrogens is 1. The van der Waals surface area contributed by atoms with Crippen LogP contribution in [0.15, 0.2) is 54.7 Å². The Kier molecular flexibility index (Phi) is 7.11. The van der Waals surface area contributed by atoms with Gasteiger partial charge in [-0.3, -0.25) is 4.98 Å². The molecular weight excluding hydrogens is 398 g/mol. The van der Waals surface area contributed by atoms with Crippen LogP contribution < -0.4 is 23.7 Å². The van der Waals surface area contributed by atoms with Crippen LogP contribution in [-0.4, -0.2) is 39.4 Å². The first-order valence-corrected chi connectivity index (χ1v) is 9.39. The van der Waals surface area contributed by atoms with Crippen molar-refractivity contribution in [2.45, 2.75) is 0 Å². The number of carbonyl (C=O) groups is 1. The third kappa shape index (κ3) is 5.14. The minimum Gasteiger partial charge on any atom is -0.493 e. The van der Waals surface area contributed by atoms with Crippen LogP contribution in [0.5, 0.6) is 28.7 Å². The van der Waals surface area contributed by atoms with E-state index in [2.05, 4.69) is 4.98 Å². The first-order valence-electron chi connectivity index (χ1n) is 9.39. The summed E-state index contributed by atoms with van der Waals surface area (Å²) in [4.78, 5) is 17.0. The van der Waals surface area contributed by atoms with Crippen LogP contribution in [0.4, 0.5) is 0 Å². The lowest BCUT2D eigenvalue weighted by Gasteiger charge is -2.14. The fourth-order valence-corrected chi connectivity index (χ4v) is 2.89. The summed E-state index contributed by atoms with van der Waals surface area (Å²) in [5, 5.41) is 0. The van der Waals surface area contributed by atoms with Gasteiger partial charge in [-0.25, -0.2) is 4.79 Å². The van der Waals surface area contributed by atoms with Gasteiger partial charge in [-0.15, -0.1) is 0 Å². The highest BCUT2D eigenvalue weighted by Gasteiger charge is 2.19. The van der Waals surface area contributed by atoms with Crippen molar-refractivity contribution in [3.63, 3.8) is 0 Å². The molecule has 3 aromatic rings. The van der Waals surface area contributed by atoms with E-state index in [1.54, 1.807) is 18.3 Å². The fourth-order valence-electron chi connectivity index (χ4n) is 2.89. The van der Waals surface area contributed by atoms with Gasteiger partial charge in [0.15, 0.2) is 23.0 Å². The molecule has 0 amide bonds. The molecular formula is C24H23NO6. The molecule has 0 bridgehead atoms. The van der Waals surface area contributed by atoms with E-state index in [1.165, 1.54) is 40.6 Å². The molecule has 0 spiro atoms. The Balaban J connectivity index is 1.84. The molecule has 0 fully saturated rings. The van der Waals surface area contributed by atoms with Crippen molar-refractivity contribution in [3.8, 4) is 28.7 Å². The highest BCUT2D eigenvalue weighted by molar-refractivity contribution is 5.93. The first-order chi connectivity index (χ1) is 15.1. The van der Waals surface area contributed by atoms with Gasteiger partial charge in [0.1, 0.15) is 0 Å². The van der Waals surface area contributed by atoms with Crippen LogP contribution in [0.1, 0.15) is 21.6 Å². The first kappa shape index (κ1) is 21.7. The molecule has 2 aromatic carbocycles. The van der Waals surface area contributed by atoms with Crippen molar-refractivity contribution in [3.05, 3.63) is 71.5 Å². The summed E-state index contributed by atoms with van der Waals surface area (Å²) in [5.41, 5.74) is 1.95. The fraction of sp³-hybridized carbons (Fsp3) is 0.167. The molecule has 0 aliphatic heterocycles. The van der Waals surface area contributed by atoms with Crippen molar-refractivity contribution >= 4 is 18.1 Å². The van der Waals surface area contributed by atoms with Gasteiger partial charge in [-0.1, -0.05) is 18.2 Å². The van der Waals surface area contributed by atoms with Gasteiger partial charge in [-0.2, -0.15) is 0 Å². The SMILES string of the molecule is COc1cc(/C=C/c2ccccn2)ccc1OC(=O)c1cc(OC)c(OC)c(OC)c1. The minimum absolute atomic E-state index is 0.246. The molecule has 7 nitrogen and oxygen atoms in total. The van der Waals surface area contributed by atoms with Crippen LogP contribution in [-0.2, 0) is 0 Å². The Hall–Kier alpha value is -4.00. The van der Waals surface area contributed by atoms with Crippen LogP contribution in [0.3, 0.4) is 0 Å². The minimum atomic E-state index is -0.589. The topological polar surface area (TPSA) is 76.1 Å². The number of hydrogen-bond donors (Lipinski definition) is 0. The average molecular weight is 421 g/mol. The summed E-state index contributed by atoms with van der Waals surface area (Å²) in [6.07, 6.45) is 5.51. The molecule has 31 heavy (non-hydrogen) atoms. The second kappa shape index (κ2) is 10.2. The van der Waals surface area contributed by atoms with E-state index in [0.717, 1.165) is 11.3 Å². The molecule has 0 N–H and O–H groups in total. The number of esters is 1. The van der Waals surface area contributed by atoms with Crippen LogP contribution in [0.2, 0.25) is 0 Å². The number of carbonyl (C=O) groups excluding carboxylic acids is 1. The molecule has 0 atom stereocenters. The lowest BCUT2D eigenvalue weighted by Crippen LogP contribution is -2.10. The van der Waals surface area contributed by atoms with Crippen molar-refractivity contribution in [1.29, 1.82) is 0 Å². The van der Waals surface area contributed by atoms with Crippen molar-refractivity contribution in [1.82, 2.24) is 4.98 Å². The molecule has 0 aliphatic carbocycles. The molecule has 0 radical (unpaired) electrons. The summed E-state index contributed by atoms with van der Waals surface area (Å²) < 4.78 is 26.8. The predicted octanol–water partition coefficient (Wildman–Crippen LogP) is 4.51. The van der Waals surface area contributed by atoms with Crippen molar-refractivity contribution in [2.24, 2.45) is 0 Å². The number of methoxy groups -OCH3 is 4. The van der Waals surface area contributed by atoms with Crippen LogP contribution in [0, 0.1) is 0 Å². The summed E-state index contributed by atoms with van der Waals surface area (Å²) in [7, 11) is 5.96. The second-order valence-electron chi connectivity index (χ2n) is 6.30. The number of pyridine rings is 1. The molecule has 7 heteroatoms. The van der Waals surface area contributed by atoms with Gasteiger partial charge < -0.3 is 23.7 Å². The largest absolute Gasteiger partial charge is 0.493 e. The molecule has 160 valence electrons. The van der Waals surface area contributed by atoms with E-state index in [9.17, 15) is 4.79 Å². The predicted molar refractivity (Wildman–Crippen MR) is 117 cm³/mol. The molecule has 0 saturated carbocycles. The van der Waals surface area contributed by atoms with Gasteiger partial charge in [0.05, 0.1) is 39.7 Å². The maximum absolute atomic E-state index is 12.8. The van der Waals surface area contributed by atoms with E-state index in [4.69, 9.17) is 23.7 Å². The third-order valence-corrected chi connectivity index (χ3v) is 4.43. The molecule has 1 aromatic heterocycles. The zero-order valence-electron chi connectivity index (χ0n) is 17.7. The molecule has 0 unspecified atom stereocenters. The van der Waals surface area contributed by atoms with E-state index in [0.29, 0.717) is 23.0 Å². The summed E-state index contributed by atoms with van der Waals surface area (Å²) in [6.45, 7) is 0. The smallest absolute Gasteiger partial charge is 0.343 e. The summed E-state index contributed by atoms with van der Waals surface area (Å²) >= 11 is 0. The Morgan fingerprint density at radius 3 is 2.06 bits per heavy atom. The number of benzene rings is 2. The maximum atomic E-state index is 12.8. The zero-order chi connectivity index (χ0) is 22.2. The lowest BCUT2D eigenvalue weighted by atomic mass is 10.1. The van der Waals surface area contributed by atoms with Crippen molar-refractivity contribution in [2.75, 3.05) is 28.4 Å². The Morgan fingerprint density at radius 2 is 1.48 bits per heavy atom. The van der Waals surface area contributed by atoms with Crippen LogP contribution in [0.25, 0.3) is 12.2 Å². The molecule has 1 heterocycles. The Morgan fingerprint density at radius 1 is 0.774 bits per heavy atom. The molecule has 0 saturated heterocycles. The van der Waals surface area contributed by atoms with Gasteiger partial charge in [-0.05, 0) is 48.0 Å². The monoisotopic (exact) mass is 421 g/mol. The normalized spacial score (nSPS) is 10.6. The van der Waals surface area contributed by atoms with Crippen LogP contribution >= 0.6 is 0 Å². The highest BCUT2D eigenvalue weighted by Crippen LogP contribution is 2.39. The highest BCUT2D eigenvalue weighted by atomic mass is 16.6. The third-order valence-electron chi connectivity index (χ3n) is 4.43. The van der Waals surface area contributed by atoms with Gasteiger partial charge in [0.25, 0.3) is 0 Å². The molecule has 3 rings (SSSR count). The quantitative estimate of drug-likeness (QED) is 0.391. The Bertz CT molecular complexity index is 1050. The van der Waals surface area contributed by atoms with E-state index in [1.807, 2.05) is 36.4 Å². The number of hydrogen-bond acceptors (Lipinski definition) is 7. The summed E-state index contributed by atoms with van der Waals surface area (Å²) in [5.74, 6) is 1.23. The van der Waals surface area contributed by atoms with Crippen molar-refractivity contribution < 1.29 is 28.5 Å². The number of rotatable bonds is 8. The second-order valence-corrected chi connectivity index (χ2v) is 6.30. The standard InChI is InChI=1S/C24H23NO6/c1-27-20-13-16(8-10-18-7-5-6-12-25-18)9-11-19(20)31-24(26)17-14-21(28-2)23(30-4)22(15-17)29-3/h5-15H,1-4H3/b10-8+. The number of nitrogens with zero attached hydrogens (tertiary/aromatic N) is 1. The van der Waals surface area contributed by atoms with E-state index >= 15 is 0 Å². The maximum Gasteiger partial charge on any atom is 0.343 e. The Labute approximate surface area is 180 Å². The van der Waals surface area contributed by atoms with Gasteiger partial charge in [0.2, 0.25) is 5.75 Å². The van der Waals surface area contributed by atoms with E-state index < -0.39 is 5.97 Å².